The predicted molar refractivity (Wildman–Crippen MR) is 71.2 cm³/mol. The highest BCUT2D eigenvalue weighted by Crippen LogP contribution is 2.29. The van der Waals surface area contributed by atoms with Gasteiger partial charge in [-0.1, -0.05) is 12.8 Å². The van der Waals surface area contributed by atoms with Crippen LogP contribution in [-0.2, 0) is 4.79 Å². The van der Waals surface area contributed by atoms with E-state index in [1.54, 1.807) is 0 Å². The van der Waals surface area contributed by atoms with Crippen molar-refractivity contribution in [3.05, 3.63) is 0 Å². The number of carbonyl (C=O) groups excluding carboxylic acids is 1. The molecule has 1 saturated carbocycles. The van der Waals surface area contributed by atoms with Gasteiger partial charge in [0, 0.05) is 5.54 Å². The maximum Gasteiger partial charge on any atom is 0.238 e. The van der Waals surface area contributed by atoms with Crippen LogP contribution >= 0.6 is 0 Å². The van der Waals surface area contributed by atoms with Gasteiger partial charge in [-0.05, 0) is 25.7 Å². The molecule has 0 aromatic rings. The number of nitrogens with one attached hydrogen (secondary N) is 1. The minimum atomic E-state index is -0.498. The zero-order valence-electron chi connectivity index (χ0n) is 11.5. The van der Waals surface area contributed by atoms with Crippen molar-refractivity contribution in [2.24, 2.45) is 0 Å². The Kier molecular flexibility index (Phi) is 4.59. The van der Waals surface area contributed by atoms with Crippen molar-refractivity contribution in [2.45, 2.75) is 56.1 Å². The first-order chi connectivity index (χ1) is 9.65. The van der Waals surface area contributed by atoms with Gasteiger partial charge in [0.1, 0.15) is 12.1 Å². The lowest BCUT2D eigenvalue weighted by Crippen LogP contribution is -2.52. The van der Waals surface area contributed by atoms with Gasteiger partial charge in [0.15, 0.2) is 0 Å². The Hall–Kier alpha value is -1.63. The van der Waals surface area contributed by atoms with Crippen molar-refractivity contribution in [3.8, 4) is 12.1 Å². The van der Waals surface area contributed by atoms with Gasteiger partial charge >= 0.3 is 0 Å². The number of carbonyl (C=O) groups is 1. The number of rotatable bonds is 4. The minimum absolute atomic E-state index is 0.0175. The second-order valence-electron chi connectivity index (χ2n) is 5.67. The van der Waals surface area contributed by atoms with E-state index in [1.807, 2.05) is 0 Å². The van der Waals surface area contributed by atoms with E-state index in [9.17, 15) is 9.90 Å². The molecule has 0 bridgehead atoms. The fourth-order valence-electron chi connectivity index (χ4n) is 3.21. The summed E-state index contributed by atoms with van der Waals surface area (Å²) in [6.45, 7) is 0.0978. The van der Waals surface area contributed by atoms with Gasteiger partial charge in [-0.25, -0.2) is 0 Å². The number of hydrogen-bond acceptors (Lipinski definition) is 5. The normalized spacial score (nSPS) is 28.1. The molecule has 2 aliphatic rings. The Morgan fingerprint density at radius 1 is 1.25 bits per heavy atom. The van der Waals surface area contributed by atoms with Crippen molar-refractivity contribution in [1.82, 2.24) is 10.2 Å². The van der Waals surface area contributed by atoms with E-state index in [0.717, 1.165) is 25.7 Å². The number of likely N-dealkylation sites (tertiary alicyclic amines) is 1. The fraction of sp³-hybridized carbons (Fsp3) is 0.786. The van der Waals surface area contributed by atoms with Crippen LogP contribution in [0.15, 0.2) is 0 Å². The lowest BCUT2D eigenvalue weighted by Gasteiger charge is -2.30. The summed E-state index contributed by atoms with van der Waals surface area (Å²) >= 11 is 0. The Labute approximate surface area is 119 Å². The monoisotopic (exact) mass is 276 g/mol. The summed E-state index contributed by atoms with van der Waals surface area (Å²) in [7, 11) is 0. The zero-order chi connectivity index (χ0) is 14.6. The van der Waals surface area contributed by atoms with E-state index in [0.29, 0.717) is 12.8 Å². The Bertz CT molecular complexity index is 423. The van der Waals surface area contributed by atoms with Crippen molar-refractivity contribution >= 4 is 5.91 Å². The lowest BCUT2D eigenvalue weighted by molar-refractivity contribution is -0.131. The molecule has 1 aliphatic carbocycles. The Morgan fingerprint density at radius 3 is 2.25 bits per heavy atom. The summed E-state index contributed by atoms with van der Waals surface area (Å²) in [5.74, 6) is -0.222. The molecule has 6 nitrogen and oxygen atoms in total. The molecule has 1 saturated heterocycles. The topological polar surface area (TPSA) is 100 Å². The van der Waals surface area contributed by atoms with Crippen LogP contribution in [0.4, 0.5) is 0 Å². The SMILES string of the molecule is N#C[C@H]1CC[C@H](C#N)N1C(=O)CNC1(CO)CCCC1. The maximum atomic E-state index is 12.3. The van der Waals surface area contributed by atoms with Gasteiger partial charge in [0.2, 0.25) is 5.91 Å². The number of aliphatic hydroxyl groups excluding tert-OH is 1. The molecule has 1 amide bonds. The molecule has 2 N–H and O–H groups in total. The predicted octanol–water partition coefficient (Wildman–Crippen LogP) is 0.288. The summed E-state index contributed by atoms with van der Waals surface area (Å²) in [4.78, 5) is 13.7. The highest BCUT2D eigenvalue weighted by atomic mass is 16.3. The average Bonchev–Trinajstić information content (AvgIpc) is 3.11. The van der Waals surface area contributed by atoms with Crippen molar-refractivity contribution in [1.29, 1.82) is 10.5 Å². The fourth-order valence-corrected chi connectivity index (χ4v) is 3.21. The van der Waals surface area contributed by atoms with Crippen molar-refractivity contribution < 1.29 is 9.90 Å². The number of hydrogen-bond donors (Lipinski definition) is 2. The van der Waals surface area contributed by atoms with Gasteiger partial charge in [-0.3, -0.25) is 4.79 Å². The first-order valence-corrected chi connectivity index (χ1v) is 7.12. The van der Waals surface area contributed by atoms with Gasteiger partial charge in [-0.2, -0.15) is 10.5 Å². The third kappa shape index (κ3) is 2.77. The van der Waals surface area contributed by atoms with E-state index in [2.05, 4.69) is 17.5 Å². The third-order valence-corrected chi connectivity index (χ3v) is 4.45. The van der Waals surface area contributed by atoms with Gasteiger partial charge in [0.05, 0.1) is 25.3 Å². The molecule has 1 aliphatic heterocycles. The molecule has 0 radical (unpaired) electrons. The molecule has 0 unspecified atom stereocenters. The molecule has 0 spiro atoms. The Balaban J connectivity index is 1.97. The maximum absolute atomic E-state index is 12.3. The van der Waals surface area contributed by atoms with Crippen LogP contribution in [0.5, 0.6) is 0 Å². The smallest absolute Gasteiger partial charge is 0.238 e. The summed E-state index contributed by atoms with van der Waals surface area (Å²) in [5, 5.41) is 30.8. The molecular weight excluding hydrogens is 256 g/mol. The molecule has 1 heterocycles. The number of nitriles is 2. The highest BCUT2D eigenvalue weighted by molar-refractivity contribution is 5.80. The minimum Gasteiger partial charge on any atom is -0.394 e. The van der Waals surface area contributed by atoms with Gasteiger partial charge in [0.25, 0.3) is 0 Å². The van der Waals surface area contributed by atoms with Crippen molar-refractivity contribution in [2.75, 3.05) is 13.2 Å². The number of amides is 1. The summed E-state index contributed by atoms with van der Waals surface area (Å²) < 4.78 is 0. The average molecular weight is 276 g/mol. The van der Waals surface area contributed by atoms with E-state index in [-0.39, 0.29) is 24.6 Å². The standard InChI is InChI=1S/C14H20N4O2/c15-7-11-3-4-12(8-16)18(11)13(20)9-17-14(10-19)5-1-2-6-14/h11-12,17,19H,1-6,9-10H2/t11-,12-/m1/s1. The summed E-state index contributed by atoms with van der Waals surface area (Å²) in [6.07, 6.45) is 4.94. The summed E-state index contributed by atoms with van der Waals surface area (Å²) in [6, 6.07) is 3.18. The van der Waals surface area contributed by atoms with Crippen LogP contribution in [0.1, 0.15) is 38.5 Å². The summed E-state index contributed by atoms with van der Waals surface area (Å²) in [5.41, 5.74) is -0.361. The Morgan fingerprint density at radius 2 is 1.80 bits per heavy atom. The molecule has 108 valence electrons. The second kappa shape index (κ2) is 6.21. The van der Waals surface area contributed by atoms with Crippen molar-refractivity contribution in [3.63, 3.8) is 0 Å². The quantitative estimate of drug-likeness (QED) is 0.768. The third-order valence-electron chi connectivity index (χ3n) is 4.45. The molecule has 2 fully saturated rings. The molecule has 20 heavy (non-hydrogen) atoms. The molecular formula is C14H20N4O2. The second-order valence-corrected chi connectivity index (χ2v) is 5.67. The molecule has 2 rings (SSSR count). The van der Waals surface area contributed by atoms with E-state index in [4.69, 9.17) is 10.5 Å². The number of aliphatic hydroxyl groups is 1. The molecule has 6 heteroatoms. The molecule has 0 aromatic heterocycles. The number of nitrogens with zero attached hydrogens (tertiary/aromatic N) is 3. The van der Waals surface area contributed by atoms with E-state index in [1.165, 1.54) is 4.90 Å². The van der Waals surface area contributed by atoms with Gasteiger partial charge < -0.3 is 15.3 Å². The van der Waals surface area contributed by atoms with Crippen LogP contribution in [0.25, 0.3) is 0 Å². The zero-order valence-corrected chi connectivity index (χ0v) is 11.5. The lowest BCUT2D eigenvalue weighted by atomic mass is 9.99. The van der Waals surface area contributed by atoms with Gasteiger partial charge in [-0.15, -0.1) is 0 Å². The highest BCUT2D eigenvalue weighted by Gasteiger charge is 2.39. The van der Waals surface area contributed by atoms with Crippen LogP contribution < -0.4 is 5.32 Å². The van der Waals surface area contributed by atoms with Crippen LogP contribution in [0.2, 0.25) is 0 Å². The molecule has 0 aromatic carbocycles. The first kappa shape index (κ1) is 14.8. The largest absolute Gasteiger partial charge is 0.394 e. The van der Waals surface area contributed by atoms with Crippen LogP contribution in [0, 0.1) is 22.7 Å². The van der Waals surface area contributed by atoms with E-state index < -0.39 is 12.1 Å². The van der Waals surface area contributed by atoms with Crippen LogP contribution in [0.3, 0.4) is 0 Å². The molecule has 2 atom stereocenters. The van der Waals surface area contributed by atoms with E-state index >= 15 is 0 Å². The first-order valence-electron chi connectivity index (χ1n) is 7.12. The van der Waals surface area contributed by atoms with Crippen LogP contribution in [-0.4, -0.2) is 46.7 Å².